The number of rotatable bonds is 5. The summed E-state index contributed by atoms with van der Waals surface area (Å²) in [5.74, 6) is 0. The fourth-order valence-electron chi connectivity index (χ4n) is 0.254. The Hall–Kier alpha value is -0.720. The Labute approximate surface area is 83.6 Å². The van der Waals surface area contributed by atoms with Crippen molar-refractivity contribution in [3.8, 4) is 0 Å². The summed E-state index contributed by atoms with van der Waals surface area (Å²) in [6, 6.07) is 0. The van der Waals surface area contributed by atoms with Gasteiger partial charge in [0.1, 0.15) is 0 Å². The lowest BCUT2D eigenvalue weighted by Crippen LogP contribution is -2.17. The van der Waals surface area contributed by atoms with E-state index in [9.17, 15) is 0 Å². The smallest absolute Gasteiger partial charge is 0.177 e. The molecule has 0 amide bonds. The molecular weight excluding hydrogens is 188 g/mol. The van der Waals surface area contributed by atoms with E-state index >= 15 is 0 Å². The van der Waals surface area contributed by atoms with Crippen molar-refractivity contribution in [1.82, 2.24) is 0 Å². The van der Waals surface area contributed by atoms with Crippen molar-refractivity contribution in [2.24, 2.45) is 0 Å². The number of aliphatic hydroxyl groups excluding tert-OH is 4. The maximum atomic E-state index is 8.61. The fourth-order valence-corrected chi connectivity index (χ4v) is 0.254. The molecule has 5 heteroatoms. The van der Waals surface area contributed by atoms with Crippen molar-refractivity contribution in [1.29, 1.82) is 0 Å². The molecule has 4 N–H and O–H groups in total. The summed E-state index contributed by atoms with van der Waals surface area (Å²) < 4.78 is 4.42. The van der Waals surface area contributed by atoms with Crippen molar-refractivity contribution >= 4 is 0 Å². The number of aliphatic hydroxyl groups is 4. The van der Waals surface area contributed by atoms with Crippen LogP contribution in [0.3, 0.4) is 0 Å². The van der Waals surface area contributed by atoms with E-state index in [0.717, 1.165) is 12.2 Å². The van der Waals surface area contributed by atoms with Gasteiger partial charge in [0, 0.05) is 0 Å². The van der Waals surface area contributed by atoms with Gasteiger partial charge in [-0.15, -0.1) is 0 Å². The third kappa shape index (κ3) is 13.8. The molecule has 0 rings (SSSR count). The predicted octanol–water partition coefficient (Wildman–Crippen LogP) is -0.629. The second-order valence-electron chi connectivity index (χ2n) is 2.42. The summed E-state index contributed by atoms with van der Waals surface area (Å²) in [6.07, 6.45) is -0.495. The first-order valence-electron chi connectivity index (χ1n) is 4.03. The van der Waals surface area contributed by atoms with Gasteiger partial charge in [-0.05, 0) is 19.1 Å². The van der Waals surface area contributed by atoms with Crippen LogP contribution >= 0.6 is 0 Å². The van der Waals surface area contributed by atoms with Gasteiger partial charge in [-0.1, -0.05) is 13.2 Å². The zero-order chi connectivity index (χ0) is 11.6. The first-order valence-corrected chi connectivity index (χ1v) is 4.03. The fraction of sp³-hybridized carbons (Fsp3) is 0.556. The second kappa shape index (κ2) is 10.4. The van der Waals surface area contributed by atoms with Crippen LogP contribution in [0.5, 0.6) is 0 Å². The van der Waals surface area contributed by atoms with Crippen LogP contribution in [-0.4, -0.2) is 45.7 Å². The predicted molar refractivity (Wildman–Crippen MR) is 52.3 cm³/mol. The molecule has 5 nitrogen and oxygen atoms in total. The van der Waals surface area contributed by atoms with E-state index in [-0.39, 0.29) is 6.61 Å². The Morgan fingerprint density at radius 3 is 1.57 bits per heavy atom. The Morgan fingerprint density at radius 1 is 1.14 bits per heavy atom. The average molecular weight is 206 g/mol. The quantitative estimate of drug-likeness (QED) is 0.355. The first kappa shape index (κ1) is 15.7. The number of hydrogen-bond acceptors (Lipinski definition) is 5. The molecule has 0 radical (unpaired) electrons. The number of hydrogen-bond donors (Lipinski definition) is 4. The van der Waals surface area contributed by atoms with Gasteiger partial charge in [0.05, 0.1) is 12.7 Å². The molecule has 0 aliphatic heterocycles. The minimum Gasteiger partial charge on any atom is -0.394 e. The van der Waals surface area contributed by atoms with Gasteiger partial charge in [-0.25, -0.2) is 0 Å². The highest BCUT2D eigenvalue weighted by Crippen LogP contribution is 1.93. The van der Waals surface area contributed by atoms with Crippen LogP contribution in [0.15, 0.2) is 25.3 Å². The minimum atomic E-state index is -1.13. The third-order valence-corrected chi connectivity index (χ3v) is 0.946. The maximum absolute atomic E-state index is 8.61. The van der Waals surface area contributed by atoms with E-state index < -0.39 is 18.7 Å². The lowest BCUT2D eigenvalue weighted by atomic mass is 10.5. The molecule has 0 bridgehead atoms. The summed E-state index contributed by atoms with van der Waals surface area (Å²) in [7, 11) is 0. The third-order valence-electron chi connectivity index (χ3n) is 0.946. The van der Waals surface area contributed by atoms with Crippen molar-refractivity contribution in [3.63, 3.8) is 0 Å². The minimum absolute atomic E-state index is 0.139. The topological polar surface area (TPSA) is 90.2 Å². The zero-order valence-corrected chi connectivity index (χ0v) is 8.21. The van der Waals surface area contributed by atoms with Gasteiger partial charge in [-0.3, -0.25) is 0 Å². The standard InChI is InChI=1S/C6H10O3.C3H8O2/c1-3-5(7)9-6(8)4-2;1-3(5)2-4/h3-8H,1-2H2;3-5H,2H2,1H3. The molecule has 14 heavy (non-hydrogen) atoms. The molecule has 0 aliphatic rings. The lowest BCUT2D eigenvalue weighted by Gasteiger charge is -2.09. The Balaban J connectivity index is 0. The molecule has 0 aromatic carbocycles. The molecule has 0 fully saturated rings. The summed E-state index contributed by atoms with van der Waals surface area (Å²) >= 11 is 0. The Bertz CT molecular complexity index is 134. The molecule has 0 saturated heterocycles. The van der Waals surface area contributed by atoms with E-state index in [1.807, 2.05) is 0 Å². The monoisotopic (exact) mass is 206 g/mol. The van der Waals surface area contributed by atoms with Gasteiger partial charge >= 0.3 is 0 Å². The highest BCUT2D eigenvalue weighted by atomic mass is 16.7. The van der Waals surface area contributed by atoms with Crippen molar-refractivity contribution in [3.05, 3.63) is 25.3 Å². The van der Waals surface area contributed by atoms with Crippen molar-refractivity contribution < 1.29 is 25.2 Å². The summed E-state index contributed by atoms with van der Waals surface area (Å²) in [5.41, 5.74) is 0. The van der Waals surface area contributed by atoms with Crippen LogP contribution in [0.25, 0.3) is 0 Å². The second-order valence-corrected chi connectivity index (χ2v) is 2.42. The van der Waals surface area contributed by atoms with Gasteiger partial charge in [0.2, 0.25) is 0 Å². The zero-order valence-electron chi connectivity index (χ0n) is 8.21. The summed E-state index contributed by atoms with van der Waals surface area (Å²) in [6.45, 7) is 7.84. The molecule has 3 unspecified atom stereocenters. The van der Waals surface area contributed by atoms with E-state index in [4.69, 9.17) is 20.4 Å². The Morgan fingerprint density at radius 2 is 1.43 bits per heavy atom. The van der Waals surface area contributed by atoms with Gasteiger partial charge in [0.25, 0.3) is 0 Å². The van der Waals surface area contributed by atoms with Crippen LogP contribution in [0.1, 0.15) is 6.92 Å². The molecule has 84 valence electrons. The van der Waals surface area contributed by atoms with Crippen LogP contribution in [0.4, 0.5) is 0 Å². The van der Waals surface area contributed by atoms with E-state index in [2.05, 4.69) is 17.9 Å². The van der Waals surface area contributed by atoms with E-state index in [1.165, 1.54) is 6.92 Å². The van der Waals surface area contributed by atoms with Gasteiger partial charge < -0.3 is 25.2 Å². The van der Waals surface area contributed by atoms with E-state index in [1.54, 1.807) is 0 Å². The molecule has 0 saturated carbocycles. The van der Waals surface area contributed by atoms with Crippen molar-refractivity contribution in [2.45, 2.75) is 25.6 Å². The number of ether oxygens (including phenoxy) is 1. The van der Waals surface area contributed by atoms with Gasteiger partial charge in [-0.2, -0.15) is 0 Å². The molecule has 0 heterocycles. The molecular formula is C9H18O5. The molecule has 3 atom stereocenters. The van der Waals surface area contributed by atoms with Crippen LogP contribution in [0, 0.1) is 0 Å². The van der Waals surface area contributed by atoms with E-state index in [0.29, 0.717) is 0 Å². The SMILES string of the molecule is C=CC(O)OC(O)C=C.CC(O)CO. The Kier molecular flexibility index (Phi) is 11.6. The van der Waals surface area contributed by atoms with Crippen LogP contribution in [-0.2, 0) is 4.74 Å². The first-order chi connectivity index (χ1) is 6.47. The maximum Gasteiger partial charge on any atom is 0.177 e. The highest BCUT2D eigenvalue weighted by Gasteiger charge is 2.01. The normalized spacial score (nSPS) is 15.8. The summed E-state index contributed by atoms with van der Waals surface area (Å²) in [4.78, 5) is 0. The molecule has 0 aromatic rings. The highest BCUT2D eigenvalue weighted by molar-refractivity contribution is 4.75. The average Bonchev–Trinajstić information content (AvgIpc) is 2.18. The van der Waals surface area contributed by atoms with Crippen molar-refractivity contribution in [2.75, 3.05) is 6.61 Å². The molecule has 0 aromatic heterocycles. The largest absolute Gasteiger partial charge is 0.394 e. The molecule has 0 aliphatic carbocycles. The molecule has 0 spiro atoms. The lowest BCUT2D eigenvalue weighted by molar-refractivity contribution is -0.163. The van der Waals surface area contributed by atoms with Crippen LogP contribution in [0.2, 0.25) is 0 Å². The summed E-state index contributed by atoms with van der Waals surface area (Å²) in [5, 5.41) is 33.2. The van der Waals surface area contributed by atoms with Gasteiger partial charge in [0.15, 0.2) is 12.6 Å². The van der Waals surface area contributed by atoms with Crippen LogP contribution < -0.4 is 0 Å².